The lowest BCUT2D eigenvalue weighted by molar-refractivity contribution is -0.113. The van der Waals surface area contributed by atoms with Crippen LogP contribution in [-0.4, -0.2) is 37.3 Å². The summed E-state index contributed by atoms with van der Waals surface area (Å²) in [6.07, 6.45) is 4.33. The SMILES string of the molecule is CCCn1c(SCC(=O)Nc2ccccc2C(=O)Nc2ccccc2)nnc1-c1ccncc1. The smallest absolute Gasteiger partial charge is 0.257 e. The minimum atomic E-state index is -0.292. The zero-order valence-electron chi connectivity index (χ0n) is 18.6. The molecule has 9 heteroatoms. The van der Waals surface area contributed by atoms with E-state index in [2.05, 4.69) is 32.7 Å². The Balaban J connectivity index is 1.43. The molecule has 0 unspecified atom stereocenters. The maximum atomic E-state index is 12.8. The molecule has 0 radical (unpaired) electrons. The first-order valence-electron chi connectivity index (χ1n) is 10.9. The molecule has 0 bridgehead atoms. The van der Waals surface area contributed by atoms with E-state index in [9.17, 15) is 9.59 Å². The molecule has 0 fully saturated rings. The number of hydrogen-bond acceptors (Lipinski definition) is 6. The summed E-state index contributed by atoms with van der Waals surface area (Å²) < 4.78 is 2.01. The van der Waals surface area contributed by atoms with Gasteiger partial charge in [0.2, 0.25) is 5.91 Å². The predicted molar refractivity (Wildman–Crippen MR) is 134 cm³/mol. The van der Waals surface area contributed by atoms with Gasteiger partial charge in [-0.2, -0.15) is 0 Å². The van der Waals surface area contributed by atoms with Gasteiger partial charge in [-0.1, -0.05) is 49.0 Å². The number of rotatable bonds is 9. The van der Waals surface area contributed by atoms with Crippen LogP contribution >= 0.6 is 11.8 Å². The van der Waals surface area contributed by atoms with E-state index < -0.39 is 0 Å². The van der Waals surface area contributed by atoms with Gasteiger partial charge in [-0.3, -0.25) is 14.6 Å². The number of carbonyl (C=O) groups excluding carboxylic acids is 2. The van der Waals surface area contributed by atoms with Crippen LogP contribution in [0.3, 0.4) is 0 Å². The molecule has 8 nitrogen and oxygen atoms in total. The van der Waals surface area contributed by atoms with Crippen molar-refractivity contribution in [3.8, 4) is 11.4 Å². The van der Waals surface area contributed by atoms with Crippen LogP contribution in [0.2, 0.25) is 0 Å². The molecular formula is C25H24N6O2S. The summed E-state index contributed by atoms with van der Waals surface area (Å²) in [5.74, 6) is 0.350. The van der Waals surface area contributed by atoms with Crippen LogP contribution < -0.4 is 10.6 Å². The van der Waals surface area contributed by atoms with Crippen molar-refractivity contribution in [2.75, 3.05) is 16.4 Å². The molecule has 0 aliphatic rings. The fourth-order valence-corrected chi connectivity index (χ4v) is 4.13. The molecule has 0 saturated carbocycles. The first-order chi connectivity index (χ1) is 16.7. The number of nitrogens with one attached hydrogen (secondary N) is 2. The summed E-state index contributed by atoms with van der Waals surface area (Å²) in [5, 5.41) is 15.0. The van der Waals surface area contributed by atoms with Crippen molar-refractivity contribution in [2.45, 2.75) is 25.0 Å². The lowest BCUT2D eigenvalue weighted by Crippen LogP contribution is -2.19. The number of para-hydroxylation sites is 2. The number of anilines is 2. The van der Waals surface area contributed by atoms with Gasteiger partial charge in [-0.15, -0.1) is 10.2 Å². The number of amides is 2. The maximum Gasteiger partial charge on any atom is 0.257 e. The number of pyridine rings is 1. The predicted octanol–water partition coefficient (Wildman–Crippen LogP) is 4.73. The lowest BCUT2D eigenvalue weighted by Gasteiger charge is -2.12. The monoisotopic (exact) mass is 472 g/mol. The Kier molecular flexibility index (Phi) is 7.67. The average Bonchev–Trinajstić information content (AvgIpc) is 3.27. The van der Waals surface area contributed by atoms with Crippen molar-refractivity contribution in [1.82, 2.24) is 19.7 Å². The number of aromatic nitrogens is 4. The van der Waals surface area contributed by atoms with Gasteiger partial charge in [-0.25, -0.2) is 0 Å². The molecular weight excluding hydrogens is 448 g/mol. The number of hydrogen-bond donors (Lipinski definition) is 2. The summed E-state index contributed by atoms with van der Waals surface area (Å²) in [4.78, 5) is 29.5. The molecule has 34 heavy (non-hydrogen) atoms. The second-order valence-corrected chi connectivity index (χ2v) is 8.34. The van der Waals surface area contributed by atoms with E-state index in [1.165, 1.54) is 11.8 Å². The minimum Gasteiger partial charge on any atom is -0.325 e. The second kappa shape index (κ2) is 11.2. The van der Waals surface area contributed by atoms with Crippen molar-refractivity contribution in [3.05, 3.63) is 84.7 Å². The molecule has 4 rings (SSSR count). The molecule has 0 aliphatic heterocycles. The first-order valence-corrected chi connectivity index (χ1v) is 11.9. The highest BCUT2D eigenvalue weighted by atomic mass is 32.2. The summed E-state index contributed by atoms with van der Waals surface area (Å²) in [6, 6.07) is 19.9. The highest BCUT2D eigenvalue weighted by molar-refractivity contribution is 7.99. The maximum absolute atomic E-state index is 12.8. The van der Waals surface area contributed by atoms with Gasteiger partial charge in [0.15, 0.2) is 11.0 Å². The summed E-state index contributed by atoms with van der Waals surface area (Å²) >= 11 is 1.31. The quantitative estimate of drug-likeness (QED) is 0.341. The van der Waals surface area contributed by atoms with Crippen molar-refractivity contribution < 1.29 is 9.59 Å². The highest BCUT2D eigenvalue weighted by Gasteiger charge is 2.17. The third-order valence-corrected chi connectivity index (χ3v) is 5.88. The Bertz CT molecular complexity index is 1260. The summed E-state index contributed by atoms with van der Waals surface area (Å²) in [7, 11) is 0. The van der Waals surface area contributed by atoms with Crippen LogP contribution in [0.15, 0.2) is 84.3 Å². The van der Waals surface area contributed by atoms with Crippen LogP contribution in [0.25, 0.3) is 11.4 Å². The van der Waals surface area contributed by atoms with E-state index in [0.29, 0.717) is 22.1 Å². The minimum absolute atomic E-state index is 0.132. The van der Waals surface area contributed by atoms with Gasteiger partial charge in [0.05, 0.1) is 17.0 Å². The number of benzene rings is 2. The van der Waals surface area contributed by atoms with E-state index in [1.807, 2.05) is 47.0 Å². The van der Waals surface area contributed by atoms with E-state index in [4.69, 9.17) is 0 Å². The van der Waals surface area contributed by atoms with Crippen LogP contribution in [-0.2, 0) is 11.3 Å². The molecule has 2 N–H and O–H groups in total. The molecule has 4 aromatic rings. The van der Waals surface area contributed by atoms with Crippen LogP contribution in [0.1, 0.15) is 23.7 Å². The standard InChI is InChI=1S/C25H24N6O2S/c1-2-16-31-23(18-12-14-26-15-13-18)29-30-25(31)34-17-22(32)28-21-11-7-6-10-20(21)24(33)27-19-8-4-3-5-9-19/h3-15H,2,16-17H2,1H3,(H,27,33)(H,28,32). The van der Waals surface area contributed by atoms with E-state index in [0.717, 1.165) is 24.4 Å². The molecule has 2 amide bonds. The molecule has 0 spiro atoms. The van der Waals surface area contributed by atoms with Gasteiger partial charge in [0.25, 0.3) is 5.91 Å². The van der Waals surface area contributed by atoms with E-state index >= 15 is 0 Å². The van der Waals surface area contributed by atoms with Crippen LogP contribution in [0.5, 0.6) is 0 Å². The third-order valence-electron chi connectivity index (χ3n) is 4.91. The van der Waals surface area contributed by atoms with E-state index in [1.54, 1.807) is 36.7 Å². The molecule has 2 aromatic heterocycles. The Morgan fingerprint density at radius 1 is 0.912 bits per heavy atom. The van der Waals surface area contributed by atoms with Gasteiger partial charge in [0.1, 0.15) is 0 Å². The molecule has 172 valence electrons. The normalized spacial score (nSPS) is 10.6. The summed E-state index contributed by atoms with van der Waals surface area (Å²) in [5.41, 5.74) is 2.45. The Hall–Kier alpha value is -3.98. The number of thioether (sulfide) groups is 1. The third kappa shape index (κ3) is 5.68. The molecule has 0 atom stereocenters. The first kappa shape index (κ1) is 23.2. The average molecular weight is 473 g/mol. The molecule has 2 heterocycles. The topological polar surface area (TPSA) is 102 Å². The Labute approximate surface area is 201 Å². The second-order valence-electron chi connectivity index (χ2n) is 7.40. The largest absolute Gasteiger partial charge is 0.325 e. The highest BCUT2D eigenvalue weighted by Crippen LogP contribution is 2.25. The van der Waals surface area contributed by atoms with Crippen molar-refractivity contribution in [3.63, 3.8) is 0 Å². The fourth-order valence-electron chi connectivity index (χ4n) is 3.36. The van der Waals surface area contributed by atoms with Crippen LogP contribution in [0, 0.1) is 0 Å². The van der Waals surface area contributed by atoms with Gasteiger partial charge < -0.3 is 15.2 Å². The lowest BCUT2D eigenvalue weighted by atomic mass is 10.1. The molecule has 0 saturated heterocycles. The van der Waals surface area contributed by atoms with E-state index in [-0.39, 0.29) is 17.6 Å². The zero-order valence-corrected chi connectivity index (χ0v) is 19.5. The number of nitrogens with zero attached hydrogens (tertiary/aromatic N) is 4. The molecule has 2 aromatic carbocycles. The number of carbonyl (C=O) groups is 2. The van der Waals surface area contributed by atoms with Gasteiger partial charge >= 0.3 is 0 Å². The van der Waals surface area contributed by atoms with Crippen molar-refractivity contribution >= 4 is 35.0 Å². The van der Waals surface area contributed by atoms with Gasteiger partial charge in [-0.05, 0) is 42.8 Å². The Morgan fingerprint density at radius 2 is 1.65 bits per heavy atom. The van der Waals surface area contributed by atoms with Crippen molar-refractivity contribution in [1.29, 1.82) is 0 Å². The Morgan fingerprint density at radius 3 is 2.41 bits per heavy atom. The molecule has 0 aliphatic carbocycles. The fraction of sp³-hybridized carbons (Fsp3) is 0.160. The van der Waals surface area contributed by atoms with Gasteiger partial charge in [0, 0.05) is 30.2 Å². The zero-order chi connectivity index (χ0) is 23.8. The van der Waals surface area contributed by atoms with Crippen molar-refractivity contribution in [2.24, 2.45) is 0 Å². The summed E-state index contributed by atoms with van der Waals surface area (Å²) in [6.45, 7) is 2.81. The van der Waals surface area contributed by atoms with Crippen LogP contribution in [0.4, 0.5) is 11.4 Å².